The minimum Gasteiger partial charge on any atom is -0.479 e. The summed E-state index contributed by atoms with van der Waals surface area (Å²) in [6, 6.07) is 7.26. The third-order valence-electron chi connectivity index (χ3n) is 3.26. The number of carboxylic acids is 1. The first-order valence-electron chi connectivity index (χ1n) is 6.66. The van der Waals surface area contributed by atoms with Crippen molar-refractivity contribution in [3.63, 3.8) is 0 Å². The lowest BCUT2D eigenvalue weighted by Crippen LogP contribution is -2.45. The van der Waals surface area contributed by atoms with Crippen LogP contribution in [-0.4, -0.2) is 23.1 Å². The van der Waals surface area contributed by atoms with E-state index >= 15 is 0 Å². The summed E-state index contributed by atoms with van der Waals surface area (Å²) in [5.74, 6) is -1.07. The molecule has 0 spiro atoms. The van der Waals surface area contributed by atoms with Gasteiger partial charge >= 0.3 is 12.0 Å². The Kier molecular flexibility index (Phi) is 4.76. The number of hydrogen-bond acceptors (Lipinski definition) is 2. The number of carboxylic acid groups (broad SMARTS) is 1. The molecule has 106 valence electrons. The Morgan fingerprint density at radius 3 is 2.55 bits per heavy atom. The van der Waals surface area contributed by atoms with Crippen LogP contribution >= 0.6 is 0 Å². The standard InChI is InChI=1S/C15H18N2O3/c18-14(19)13(11-7-3-1-4-8-11)17-15(20)16-12-9-5-2-6-10-12/h1-5,7-8,12-13H,6,9-10H2,(H,18,19)(H2,16,17,20). The minimum absolute atomic E-state index is 0.0743. The fourth-order valence-electron chi connectivity index (χ4n) is 2.22. The second-order valence-corrected chi connectivity index (χ2v) is 4.78. The van der Waals surface area contributed by atoms with E-state index in [9.17, 15) is 14.7 Å². The van der Waals surface area contributed by atoms with E-state index in [4.69, 9.17) is 0 Å². The van der Waals surface area contributed by atoms with Crippen LogP contribution in [0, 0.1) is 0 Å². The van der Waals surface area contributed by atoms with Crippen molar-refractivity contribution in [3.05, 3.63) is 48.0 Å². The van der Waals surface area contributed by atoms with Gasteiger partial charge in [-0.1, -0.05) is 42.5 Å². The van der Waals surface area contributed by atoms with Crippen LogP contribution in [0.25, 0.3) is 0 Å². The number of rotatable bonds is 4. The van der Waals surface area contributed by atoms with Crippen molar-refractivity contribution in [2.24, 2.45) is 0 Å². The van der Waals surface area contributed by atoms with E-state index in [1.807, 2.05) is 6.08 Å². The molecular weight excluding hydrogens is 256 g/mol. The summed E-state index contributed by atoms with van der Waals surface area (Å²) in [6.07, 6.45) is 6.72. The number of hydrogen-bond donors (Lipinski definition) is 3. The van der Waals surface area contributed by atoms with Gasteiger partial charge in [-0.2, -0.15) is 0 Å². The van der Waals surface area contributed by atoms with E-state index in [0.717, 1.165) is 19.3 Å². The highest BCUT2D eigenvalue weighted by atomic mass is 16.4. The Labute approximate surface area is 117 Å². The van der Waals surface area contributed by atoms with Crippen molar-refractivity contribution >= 4 is 12.0 Å². The Balaban J connectivity index is 1.96. The van der Waals surface area contributed by atoms with Crippen molar-refractivity contribution in [2.75, 3.05) is 0 Å². The van der Waals surface area contributed by atoms with Gasteiger partial charge < -0.3 is 15.7 Å². The summed E-state index contributed by atoms with van der Waals surface area (Å²) < 4.78 is 0. The maximum atomic E-state index is 11.9. The lowest BCUT2D eigenvalue weighted by atomic mass is 10.0. The number of urea groups is 1. The van der Waals surface area contributed by atoms with E-state index in [1.165, 1.54) is 0 Å². The number of carbonyl (C=O) groups excluding carboxylic acids is 1. The van der Waals surface area contributed by atoms with Crippen molar-refractivity contribution in [1.82, 2.24) is 10.6 Å². The first kappa shape index (κ1) is 14.1. The molecule has 0 saturated heterocycles. The lowest BCUT2D eigenvalue weighted by molar-refractivity contribution is -0.139. The zero-order valence-corrected chi connectivity index (χ0v) is 11.1. The molecule has 0 heterocycles. The predicted molar refractivity (Wildman–Crippen MR) is 75.3 cm³/mol. The highest BCUT2D eigenvalue weighted by molar-refractivity contribution is 5.83. The molecular formula is C15H18N2O3. The molecule has 20 heavy (non-hydrogen) atoms. The molecule has 1 aromatic rings. The number of amides is 2. The quantitative estimate of drug-likeness (QED) is 0.737. The summed E-state index contributed by atoms with van der Waals surface area (Å²) in [5, 5.41) is 14.5. The number of nitrogens with one attached hydrogen (secondary N) is 2. The second kappa shape index (κ2) is 6.75. The third kappa shape index (κ3) is 3.85. The topological polar surface area (TPSA) is 78.4 Å². The molecule has 0 saturated carbocycles. The summed E-state index contributed by atoms with van der Waals surface area (Å²) in [4.78, 5) is 23.2. The summed E-state index contributed by atoms with van der Waals surface area (Å²) >= 11 is 0. The first-order valence-corrected chi connectivity index (χ1v) is 6.66. The van der Waals surface area contributed by atoms with Crippen LogP contribution < -0.4 is 10.6 Å². The minimum atomic E-state index is -1.07. The third-order valence-corrected chi connectivity index (χ3v) is 3.26. The van der Waals surface area contributed by atoms with Crippen molar-refractivity contribution in [3.8, 4) is 0 Å². The van der Waals surface area contributed by atoms with E-state index in [0.29, 0.717) is 5.56 Å². The highest BCUT2D eigenvalue weighted by Crippen LogP contribution is 2.13. The van der Waals surface area contributed by atoms with Gasteiger partial charge in [-0.05, 0) is 24.8 Å². The molecule has 2 rings (SSSR count). The molecule has 1 aliphatic carbocycles. The molecule has 0 radical (unpaired) electrons. The molecule has 2 atom stereocenters. The van der Waals surface area contributed by atoms with Crippen LogP contribution in [0.5, 0.6) is 0 Å². The van der Waals surface area contributed by atoms with Gasteiger partial charge in [0.2, 0.25) is 0 Å². The van der Waals surface area contributed by atoms with Crippen LogP contribution in [0.15, 0.2) is 42.5 Å². The van der Waals surface area contributed by atoms with E-state index < -0.39 is 18.0 Å². The maximum absolute atomic E-state index is 11.9. The van der Waals surface area contributed by atoms with Crippen LogP contribution in [0.3, 0.4) is 0 Å². The number of allylic oxidation sites excluding steroid dienone is 1. The zero-order chi connectivity index (χ0) is 14.4. The molecule has 0 aromatic heterocycles. The van der Waals surface area contributed by atoms with Gasteiger partial charge in [0.05, 0.1) is 0 Å². The van der Waals surface area contributed by atoms with Crippen LogP contribution in [0.1, 0.15) is 30.9 Å². The highest BCUT2D eigenvalue weighted by Gasteiger charge is 2.23. The average molecular weight is 274 g/mol. The lowest BCUT2D eigenvalue weighted by Gasteiger charge is -2.21. The molecule has 1 aliphatic rings. The number of carbonyl (C=O) groups is 2. The average Bonchev–Trinajstić information content (AvgIpc) is 2.46. The first-order chi connectivity index (χ1) is 9.66. The van der Waals surface area contributed by atoms with E-state index in [2.05, 4.69) is 16.7 Å². The molecule has 1 aromatic carbocycles. The van der Waals surface area contributed by atoms with Crippen LogP contribution in [0.2, 0.25) is 0 Å². The number of benzene rings is 1. The monoisotopic (exact) mass is 274 g/mol. The van der Waals surface area contributed by atoms with Gasteiger partial charge in [-0.3, -0.25) is 0 Å². The zero-order valence-electron chi connectivity index (χ0n) is 11.1. The normalized spacial score (nSPS) is 19.1. The number of aliphatic carboxylic acids is 1. The van der Waals surface area contributed by atoms with Crippen molar-refractivity contribution in [2.45, 2.75) is 31.3 Å². The Hall–Kier alpha value is -2.30. The van der Waals surface area contributed by atoms with Crippen molar-refractivity contribution < 1.29 is 14.7 Å². The summed E-state index contributed by atoms with van der Waals surface area (Å²) in [7, 11) is 0. The largest absolute Gasteiger partial charge is 0.479 e. The fourth-order valence-corrected chi connectivity index (χ4v) is 2.22. The molecule has 5 heteroatoms. The summed E-state index contributed by atoms with van der Waals surface area (Å²) in [6.45, 7) is 0. The van der Waals surface area contributed by atoms with E-state index in [-0.39, 0.29) is 6.04 Å². The molecule has 0 bridgehead atoms. The second-order valence-electron chi connectivity index (χ2n) is 4.78. The smallest absolute Gasteiger partial charge is 0.330 e. The molecule has 2 unspecified atom stereocenters. The Morgan fingerprint density at radius 2 is 1.95 bits per heavy atom. The van der Waals surface area contributed by atoms with Crippen LogP contribution in [0.4, 0.5) is 4.79 Å². The Bertz CT molecular complexity index is 499. The molecule has 3 N–H and O–H groups in total. The van der Waals surface area contributed by atoms with Gasteiger partial charge in [0.15, 0.2) is 6.04 Å². The summed E-state index contributed by atoms with van der Waals surface area (Å²) in [5.41, 5.74) is 0.554. The molecule has 5 nitrogen and oxygen atoms in total. The van der Waals surface area contributed by atoms with Gasteiger partial charge in [0.1, 0.15) is 0 Å². The van der Waals surface area contributed by atoms with Crippen molar-refractivity contribution in [1.29, 1.82) is 0 Å². The fraction of sp³-hybridized carbons (Fsp3) is 0.333. The predicted octanol–water partition coefficient (Wildman–Crippen LogP) is 2.22. The maximum Gasteiger partial charge on any atom is 0.330 e. The van der Waals surface area contributed by atoms with Gasteiger partial charge in [-0.15, -0.1) is 0 Å². The van der Waals surface area contributed by atoms with Gasteiger partial charge in [0, 0.05) is 6.04 Å². The SMILES string of the molecule is O=C(NC1CC=CCC1)NC(C(=O)O)c1ccccc1. The van der Waals surface area contributed by atoms with Crippen LogP contribution in [-0.2, 0) is 4.79 Å². The Morgan fingerprint density at radius 1 is 1.20 bits per heavy atom. The molecule has 0 aliphatic heterocycles. The molecule has 0 fully saturated rings. The van der Waals surface area contributed by atoms with Gasteiger partial charge in [-0.25, -0.2) is 9.59 Å². The van der Waals surface area contributed by atoms with E-state index in [1.54, 1.807) is 30.3 Å². The van der Waals surface area contributed by atoms with Gasteiger partial charge in [0.25, 0.3) is 0 Å². The molecule has 2 amide bonds.